The largest absolute Gasteiger partial charge is 0.491 e. The maximum Gasteiger partial charge on any atom is 0.228 e. The Balaban J connectivity index is 2.98. The molecule has 0 spiro atoms. The van der Waals surface area contributed by atoms with Gasteiger partial charge in [0, 0.05) is 12.3 Å². The highest BCUT2D eigenvalue weighted by Crippen LogP contribution is 2.26. The zero-order chi connectivity index (χ0) is 16.0. The molecule has 21 heavy (non-hydrogen) atoms. The topological polar surface area (TPSA) is 55.4 Å². The van der Waals surface area contributed by atoms with Crippen molar-refractivity contribution >= 4 is 11.7 Å². The molecule has 114 valence electrons. The van der Waals surface area contributed by atoms with Crippen LogP contribution in [0, 0.1) is 5.41 Å². The van der Waals surface area contributed by atoms with Crippen LogP contribution in [0.15, 0.2) is 41.8 Å². The number of amides is 1. The maximum atomic E-state index is 12.2. The first-order chi connectivity index (χ1) is 9.75. The van der Waals surface area contributed by atoms with Gasteiger partial charge in [-0.15, -0.1) is 0 Å². The first-order valence-electron chi connectivity index (χ1n) is 6.89. The number of allylic oxidation sites excluding steroid dienone is 2. The van der Waals surface area contributed by atoms with Crippen molar-refractivity contribution in [2.75, 3.05) is 7.11 Å². The molecule has 4 nitrogen and oxygen atoms in total. The van der Waals surface area contributed by atoms with Gasteiger partial charge in [-0.2, -0.15) is 0 Å². The first kappa shape index (κ1) is 17.0. The Morgan fingerprint density at radius 2 is 1.71 bits per heavy atom. The summed E-state index contributed by atoms with van der Waals surface area (Å²) in [7, 11) is 1.44. The summed E-state index contributed by atoms with van der Waals surface area (Å²) in [4.78, 5) is 23.9. The lowest BCUT2D eigenvalue weighted by molar-refractivity contribution is -0.120. The van der Waals surface area contributed by atoms with Crippen LogP contribution in [0.5, 0.6) is 0 Å². The van der Waals surface area contributed by atoms with Crippen LogP contribution in [-0.2, 0) is 20.7 Å². The van der Waals surface area contributed by atoms with E-state index in [0.29, 0.717) is 5.70 Å². The molecule has 0 bridgehead atoms. The summed E-state index contributed by atoms with van der Waals surface area (Å²) in [5.41, 5.74) is 1.03. The summed E-state index contributed by atoms with van der Waals surface area (Å²) in [6.45, 7) is 7.20. The summed E-state index contributed by atoms with van der Waals surface area (Å²) in [5.74, 6) is -0.173. The van der Waals surface area contributed by atoms with Gasteiger partial charge < -0.3 is 10.1 Å². The van der Waals surface area contributed by atoms with E-state index in [1.807, 2.05) is 51.1 Å². The molecule has 4 heteroatoms. The van der Waals surface area contributed by atoms with E-state index in [4.69, 9.17) is 4.74 Å². The van der Waals surface area contributed by atoms with Crippen molar-refractivity contribution in [2.45, 2.75) is 34.1 Å². The molecule has 1 amide bonds. The van der Waals surface area contributed by atoms with Gasteiger partial charge in [-0.3, -0.25) is 9.59 Å². The van der Waals surface area contributed by atoms with Gasteiger partial charge in [0.15, 0.2) is 11.5 Å². The first-order valence-corrected chi connectivity index (χ1v) is 6.89. The molecule has 1 aromatic rings. The van der Waals surface area contributed by atoms with Crippen LogP contribution in [0.4, 0.5) is 0 Å². The normalized spacial score (nSPS) is 12.4. The van der Waals surface area contributed by atoms with E-state index < -0.39 is 5.41 Å². The number of carbonyl (C=O) groups excluding carboxylic acids is 2. The molecule has 1 aromatic carbocycles. The second-order valence-electron chi connectivity index (χ2n) is 5.92. The lowest BCUT2D eigenvalue weighted by Gasteiger charge is -2.25. The van der Waals surface area contributed by atoms with Crippen molar-refractivity contribution in [1.29, 1.82) is 0 Å². The highest BCUT2D eigenvalue weighted by molar-refractivity contribution is 5.93. The van der Waals surface area contributed by atoms with Crippen molar-refractivity contribution in [1.82, 2.24) is 5.32 Å². The molecular formula is C17H23NO3. The minimum absolute atomic E-state index is 0.165. The highest BCUT2D eigenvalue weighted by Gasteiger charge is 2.26. The Labute approximate surface area is 126 Å². The molecule has 0 radical (unpaired) electrons. The zero-order valence-electron chi connectivity index (χ0n) is 13.3. The average Bonchev–Trinajstić information content (AvgIpc) is 2.38. The smallest absolute Gasteiger partial charge is 0.228 e. The monoisotopic (exact) mass is 289 g/mol. The van der Waals surface area contributed by atoms with Crippen molar-refractivity contribution < 1.29 is 14.3 Å². The summed E-state index contributed by atoms with van der Waals surface area (Å²) < 4.78 is 5.17. The molecule has 0 aromatic heterocycles. The SMILES string of the molecule is CO/C(C(C)=O)=C(/NC(=O)Cc1ccccc1)C(C)(C)C. The van der Waals surface area contributed by atoms with Gasteiger partial charge in [0.2, 0.25) is 5.91 Å². The lowest BCUT2D eigenvalue weighted by atomic mass is 9.90. The number of benzene rings is 1. The summed E-state index contributed by atoms with van der Waals surface area (Å²) >= 11 is 0. The molecule has 0 saturated heterocycles. The molecule has 0 saturated carbocycles. The van der Waals surface area contributed by atoms with Crippen LogP contribution in [0.25, 0.3) is 0 Å². The number of nitrogens with one attached hydrogen (secondary N) is 1. The van der Waals surface area contributed by atoms with Gasteiger partial charge in [0.05, 0.1) is 19.2 Å². The van der Waals surface area contributed by atoms with Crippen LogP contribution in [-0.4, -0.2) is 18.8 Å². The molecule has 0 aliphatic heterocycles. The Bertz CT molecular complexity index is 539. The predicted molar refractivity (Wildman–Crippen MR) is 82.5 cm³/mol. The fraction of sp³-hybridized carbons (Fsp3) is 0.412. The molecular weight excluding hydrogens is 266 g/mol. The Morgan fingerprint density at radius 1 is 1.14 bits per heavy atom. The number of rotatable bonds is 5. The minimum Gasteiger partial charge on any atom is -0.491 e. The van der Waals surface area contributed by atoms with Gasteiger partial charge in [0.1, 0.15) is 0 Å². The molecule has 0 unspecified atom stereocenters. The summed E-state index contributed by atoms with van der Waals surface area (Å²) in [6, 6.07) is 9.46. The van der Waals surface area contributed by atoms with Gasteiger partial charge in [0.25, 0.3) is 0 Å². The molecule has 0 heterocycles. The van der Waals surface area contributed by atoms with E-state index in [1.165, 1.54) is 14.0 Å². The van der Waals surface area contributed by atoms with Crippen LogP contribution in [0.3, 0.4) is 0 Å². The minimum atomic E-state index is -0.399. The third-order valence-electron chi connectivity index (χ3n) is 2.97. The van der Waals surface area contributed by atoms with E-state index in [-0.39, 0.29) is 23.9 Å². The van der Waals surface area contributed by atoms with E-state index in [1.54, 1.807) is 0 Å². The number of ketones is 1. The molecule has 0 atom stereocenters. The Morgan fingerprint density at radius 3 is 2.14 bits per heavy atom. The fourth-order valence-corrected chi connectivity index (χ4v) is 1.97. The number of hydrogen-bond donors (Lipinski definition) is 1. The number of carbonyl (C=O) groups is 2. The van der Waals surface area contributed by atoms with Gasteiger partial charge in [-0.25, -0.2) is 0 Å². The highest BCUT2D eigenvalue weighted by atomic mass is 16.5. The Hall–Kier alpha value is -2.10. The molecule has 0 fully saturated rings. The van der Waals surface area contributed by atoms with Crippen LogP contribution in [0.2, 0.25) is 0 Å². The number of methoxy groups -OCH3 is 1. The predicted octanol–water partition coefficient (Wildman–Crippen LogP) is 2.84. The third-order valence-corrected chi connectivity index (χ3v) is 2.97. The van der Waals surface area contributed by atoms with E-state index >= 15 is 0 Å². The number of ether oxygens (including phenoxy) is 1. The van der Waals surface area contributed by atoms with Crippen LogP contribution in [0.1, 0.15) is 33.3 Å². The van der Waals surface area contributed by atoms with Crippen molar-refractivity contribution in [3.8, 4) is 0 Å². The van der Waals surface area contributed by atoms with Gasteiger partial charge in [-0.05, 0) is 5.56 Å². The van der Waals surface area contributed by atoms with Crippen molar-refractivity contribution in [3.63, 3.8) is 0 Å². The molecule has 0 aliphatic carbocycles. The molecule has 0 aliphatic rings. The van der Waals surface area contributed by atoms with Gasteiger partial charge >= 0.3 is 0 Å². The summed E-state index contributed by atoms with van der Waals surface area (Å²) in [6.07, 6.45) is 0.259. The van der Waals surface area contributed by atoms with E-state index in [9.17, 15) is 9.59 Å². The molecule has 1 N–H and O–H groups in total. The fourth-order valence-electron chi connectivity index (χ4n) is 1.97. The van der Waals surface area contributed by atoms with E-state index in [0.717, 1.165) is 5.56 Å². The standard InChI is InChI=1S/C17H23NO3/c1-12(19)15(21-5)16(17(2,3)4)18-14(20)11-13-9-7-6-8-10-13/h6-10H,11H2,1-5H3,(H,18,20)/b16-15+. The lowest BCUT2D eigenvalue weighted by Crippen LogP contribution is -2.34. The average molecular weight is 289 g/mol. The second kappa shape index (κ2) is 7.07. The Kier molecular flexibility index (Phi) is 5.70. The number of hydrogen-bond acceptors (Lipinski definition) is 3. The maximum absolute atomic E-state index is 12.2. The van der Waals surface area contributed by atoms with Crippen LogP contribution >= 0.6 is 0 Å². The molecule has 1 rings (SSSR count). The van der Waals surface area contributed by atoms with Crippen LogP contribution < -0.4 is 5.32 Å². The second-order valence-corrected chi connectivity index (χ2v) is 5.92. The quantitative estimate of drug-likeness (QED) is 0.670. The summed E-state index contributed by atoms with van der Waals surface area (Å²) in [5, 5.41) is 2.83. The van der Waals surface area contributed by atoms with Crippen molar-refractivity contribution in [3.05, 3.63) is 47.4 Å². The van der Waals surface area contributed by atoms with Gasteiger partial charge in [-0.1, -0.05) is 51.1 Å². The van der Waals surface area contributed by atoms with Crippen molar-refractivity contribution in [2.24, 2.45) is 5.41 Å². The number of Topliss-reactive ketones (excluding diaryl/α,β-unsaturated/α-hetero) is 1. The zero-order valence-corrected chi connectivity index (χ0v) is 13.3. The van der Waals surface area contributed by atoms with E-state index in [2.05, 4.69) is 5.32 Å². The third kappa shape index (κ3) is 5.06.